The zero-order valence-corrected chi connectivity index (χ0v) is 20.7. The normalized spacial score (nSPS) is 19.8. The van der Waals surface area contributed by atoms with Crippen molar-refractivity contribution in [3.05, 3.63) is 64.6 Å². The Morgan fingerprint density at radius 3 is 2.52 bits per heavy atom. The highest BCUT2D eigenvalue weighted by Crippen LogP contribution is 2.39. The summed E-state index contributed by atoms with van der Waals surface area (Å²) in [5.41, 5.74) is 3.17. The van der Waals surface area contributed by atoms with Crippen LogP contribution in [0.25, 0.3) is 6.08 Å². The maximum absolute atomic E-state index is 13.5. The van der Waals surface area contributed by atoms with Gasteiger partial charge in [-0.2, -0.15) is 0 Å². The van der Waals surface area contributed by atoms with Crippen LogP contribution in [0.3, 0.4) is 0 Å². The minimum atomic E-state index is 0.0831. The zero-order chi connectivity index (χ0) is 23.2. The van der Waals surface area contributed by atoms with E-state index in [1.54, 1.807) is 0 Å². The number of aliphatic imine (C=N–C) groups is 1. The van der Waals surface area contributed by atoms with Gasteiger partial charge in [-0.15, -0.1) is 0 Å². The molecule has 1 saturated carbocycles. The summed E-state index contributed by atoms with van der Waals surface area (Å²) in [6.45, 7) is 7.12. The van der Waals surface area contributed by atoms with Crippen LogP contribution in [0.2, 0.25) is 0 Å². The largest absolute Gasteiger partial charge is 0.493 e. The number of amidine groups is 1. The summed E-state index contributed by atoms with van der Waals surface area (Å²) in [7, 11) is 0. The van der Waals surface area contributed by atoms with Crippen LogP contribution in [0, 0.1) is 5.92 Å². The first-order chi connectivity index (χ1) is 16.0. The molecule has 2 fully saturated rings. The Morgan fingerprint density at radius 1 is 1.09 bits per heavy atom. The molecule has 174 valence electrons. The molecule has 4 rings (SSSR count). The fourth-order valence-corrected chi connectivity index (χ4v) is 5.37. The second kappa shape index (κ2) is 11.1. The lowest BCUT2D eigenvalue weighted by molar-refractivity contribution is -0.124. The average Bonchev–Trinajstić information content (AvgIpc) is 3.13. The van der Waals surface area contributed by atoms with Gasteiger partial charge in [-0.1, -0.05) is 70.4 Å². The molecular formula is C28H34N2O2S. The third-order valence-electron chi connectivity index (χ3n) is 6.13. The number of para-hydroxylation sites is 1. The molecule has 1 aliphatic carbocycles. The molecule has 0 atom stereocenters. The highest BCUT2D eigenvalue weighted by molar-refractivity contribution is 8.18. The molecule has 1 amide bonds. The molecule has 1 aliphatic heterocycles. The molecule has 0 N–H and O–H groups in total. The molecule has 2 aromatic rings. The van der Waals surface area contributed by atoms with Crippen LogP contribution in [0.1, 0.15) is 64.0 Å². The van der Waals surface area contributed by atoms with Crippen molar-refractivity contribution >= 4 is 34.6 Å². The van der Waals surface area contributed by atoms with Gasteiger partial charge in [0.2, 0.25) is 0 Å². The van der Waals surface area contributed by atoms with Crippen molar-refractivity contribution in [3.63, 3.8) is 0 Å². The van der Waals surface area contributed by atoms with Crippen molar-refractivity contribution in [1.82, 2.24) is 4.90 Å². The van der Waals surface area contributed by atoms with Crippen LogP contribution >= 0.6 is 11.8 Å². The van der Waals surface area contributed by atoms with Crippen LogP contribution in [0.15, 0.2) is 58.4 Å². The smallest absolute Gasteiger partial charge is 0.267 e. The lowest BCUT2D eigenvalue weighted by Crippen LogP contribution is -2.40. The lowest BCUT2D eigenvalue weighted by atomic mass is 9.94. The van der Waals surface area contributed by atoms with Crippen LogP contribution in [0.5, 0.6) is 5.75 Å². The molecule has 0 radical (unpaired) electrons. The van der Waals surface area contributed by atoms with Gasteiger partial charge < -0.3 is 4.74 Å². The van der Waals surface area contributed by atoms with Crippen molar-refractivity contribution in [2.45, 2.75) is 65.3 Å². The van der Waals surface area contributed by atoms with E-state index in [0.29, 0.717) is 12.5 Å². The van der Waals surface area contributed by atoms with E-state index in [4.69, 9.17) is 9.73 Å². The number of benzene rings is 2. The standard InChI is InChI=1S/C28H34N2O2S/c1-4-22-10-8-9-13-25(22)29-28-30(23-11-6-5-7-12-23)27(31)26(33-28)18-21-14-16-24(17-15-21)32-19-20(2)3/h8-10,13-18,20,23H,4-7,11-12,19H2,1-3H3/b26-18+,29-28?. The lowest BCUT2D eigenvalue weighted by Gasteiger charge is -2.30. The van der Waals surface area contributed by atoms with Gasteiger partial charge in [0, 0.05) is 6.04 Å². The van der Waals surface area contributed by atoms with E-state index in [1.165, 1.54) is 36.6 Å². The van der Waals surface area contributed by atoms with E-state index < -0.39 is 0 Å². The second-order valence-corrected chi connectivity index (χ2v) is 10.2. The number of nitrogens with zero attached hydrogens (tertiary/aromatic N) is 2. The Hall–Kier alpha value is -2.53. The minimum absolute atomic E-state index is 0.0831. The fraction of sp³-hybridized carbons (Fsp3) is 0.429. The molecular weight excluding hydrogens is 428 g/mol. The van der Waals surface area contributed by atoms with Crippen LogP contribution in [-0.2, 0) is 11.2 Å². The van der Waals surface area contributed by atoms with Crippen molar-refractivity contribution < 1.29 is 9.53 Å². The van der Waals surface area contributed by atoms with Gasteiger partial charge in [0.1, 0.15) is 5.75 Å². The fourth-order valence-electron chi connectivity index (χ4n) is 4.32. The topological polar surface area (TPSA) is 41.9 Å². The quantitative estimate of drug-likeness (QED) is 0.408. The predicted molar refractivity (Wildman–Crippen MR) is 139 cm³/mol. The summed E-state index contributed by atoms with van der Waals surface area (Å²) in [5, 5.41) is 0.816. The minimum Gasteiger partial charge on any atom is -0.493 e. The number of carbonyl (C=O) groups is 1. The van der Waals surface area contributed by atoms with E-state index >= 15 is 0 Å². The predicted octanol–water partition coefficient (Wildman–Crippen LogP) is 7.22. The second-order valence-electron chi connectivity index (χ2n) is 9.23. The molecule has 0 unspecified atom stereocenters. The number of rotatable bonds is 7. The number of ether oxygens (including phenoxy) is 1. The average molecular weight is 463 g/mol. The molecule has 1 saturated heterocycles. The van der Waals surface area contributed by atoms with Gasteiger partial charge >= 0.3 is 0 Å². The van der Waals surface area contributed by atoms with Gasteiger partial charge in [-0.25, -0.2) is 4.99 Å². The third-order valence-corrected chi connectivity index (χ3v) is 7.11. The summed E-state index contributed by atoms with van der Waals surface area (Å²) in [5.74, 6) is 1.43. The third kappa shape index (κ3) is 5.89. The Labute approximate surface area is 202 Å². The Bertz CT molecular complexity index is 1020. The molecule has 2 aromatic carbocycles. The van der Waals surface area contributed by atoms with Crippen LogP contribution in [0.4, 0.5) is 5.69 Å². The van der Waals surface area contributed by atoms with E-state index in [2.05, 4.69) is 26.8 Å². The SMILES string of the molecule is CCc1ccccc1N=C1S/C(=C/c2ccc(OCC(C)C)cc2)C(=O)N1C1CCCCC1. The molecule has 0 bridgehead atoms. The van der Waals surface area contributed by atoms with E-state index in [9.17, 15) is 4.79 Å². The zero-order valence-electron chi connectivity index (χ0n) is 19.9. The molecule has 5 heteroatoms. The van der Waals surface area contributed by atoms with Gasteiger partial charge in [0.15, 0.2) is 5.17 Å². The summed E-state index contributed by atoms with van der Waals surface area (Å²) in [4.78, 5) is 21.3. The van der Waals surface area contributed by atoms with Crippen LogP contribution < -0.4 is 4.74 Å². The van der Waals surface area contributed by atoms with Crippen molar-refractivity contribution in [2.24, 2.45) is 10.9 Å². The number of aryl methyl sites for hydroxylation is 1. The highest BCUT2D eigenvalue weighted by Gasteiger charge is 2.38. The highest BCUT2D eigenvalue weighted by atomic mass is 32.2. The maximum Gasteiger partial charge on any atom is 0.267 e. The van der Waals surface area contributed by atoms with E-state index in [-0.39, 0.29) is 11.9 Å². The number of hydrogen-bond acceptors (Lipinski definition) is 4. The van der Waals surface area contributed by atoms with Crippen molar-refractivity contribution in [1.29, 1.82) is 0 Å². The summed E-state index contributed by atoms with van der Waals surface area (Å²) < 4.78 is 5.79. The summed E-state index contributed by atoms with van der Waals surface area (Å²) >= 11 is 1.50. The van der Waals surface area contributed by atoms with E-state index in [1.807, 2.05) is 53.4 Å². The van der Waals surface area contributed by atoms with Gasteiger partial charge in [-0.3, -0.25) is 9.69 Å². The monoisotopic (exact) mass is 462 g/mol. The molecule has 0 aromatic heterocycles. The Morgan fingerprint density at radius 2 is 1.82 bits per heavy atom. The molecule has 0 spiro atoms. The number of thioether (sulfide) groups is 1. The van der Waals surface area contributed by atoms with Crippen molar-refractivity contribution in [3.8, 4) is 5.75 Å². The first kappa shape index (κ1) is 23.6. The summed E-state index contributed by atoms with van der Waals surface area (Å²) in [6, 6.07) is 16.5. The first-order valence-corrected chi connectivity index (χ1v) is 13.0. The maximum atomic E-state index is 13.5. The molecule has 1 heterocycles. The summed E-state index contributed by atoms with van der Waals surface area (Å²) in [6.07, 6.45) is 8.62. The van der Waals surface area contributed by atoms with Crippen LogP contribution in [-0.4, -0.2) is 28.6 Å². The van der Waals surface area contributed by atoms with E-state index in [0.717, 1.165) is 46.3 Å². The molecule has 33 heavy (non-hydrogen) atoms. The number of carbonyl (C=O) groups excluding carboxylic acids is 1. The van der Waals surface area contributed by atoms with Crippen molar-refractivity contribution in [2.75, 3.05) is 6.61 Å². The number of amides is 1. The van der Waals surface area contributed by atoms with Gasteiger partial charge in [0.05, 0.1) is 17.2 Å². The Kier molecular flexibility index (Phi) is 7.92. The first-order valence-electron chi connectivity index (χ1n) is 12.2. The van der Waals surface area contributed by atoms with Gasteiger partial charge in [-0.05, 0) is 72.3 Å². The van der Waals surface area contributed by atoms with Gasteiger partial charge in [0.25, 0.3) is 5.91 Å². The molecule has 2 aliphatic rings. The molecule has 4 nitrogen and oxygen atoms in total. The Balaban J connectivity index is 1.62. The number of hydrogen-bond donors (Lipinski definition) is 0.